The number of ether oxygens (including phenoxy) is 2. The predicted octanol–water partition coefficient (Wildman–Crippen LogP) is 0.546. The van der Waals surface area contributed by atoms with Gasteiger partial charge in [-0.2, -0.15) is 0 Å². The van der Waals surface area contributed by atoms with Crippen molar-refractivity contribution in [3.8, 4) is 0 Å². The van der Waals surface area contributed by atoms with Crippen LogP contribution in [0.1, 0.15) is 12.8 Å². The Kier molecular flexibility index (Phi) is 3.35. The van der Waals surface area contributed by atoms with Crippen LogP contribution < -0.4 is 0 Å². The van der Waals surface area contributed by atoms with Gasteiger partial charge in [-0.15, -0.1) is 0 Å². The molecule has 3 atom stereocenters. The Morgan fingerprint density at radius 3 is 2.81 bits per heavy atom. The van der Waals surface area contributed by atoms with Crippen LogP contribution in [0, 0.1) is 0 Å². The third-order valence-electron chi connectivity index (χ3n) is 3.47. The van der Waals surface area contributed by atoms with Crippen molar-refractivity contribution in [1.29, 1.82) is 0 Å². The highest BCUT2D eigenvalue weighted by molar-refractivity contribution is 5.74. The van der Waals surface area contributed by atoms with Crippen LogP contribution in [0.2, 0.25) is 0 Å². The van der Waals surface area contributed by atoms with Crippen molar-refractivity contribution in [1.82, 2.24) is 9.80 Å². The van der Waals surface area contributed by atoms with E-state index in [-0.39, 0.29) is 24.3 Å². The van der Waals surface area contributed by atoms with Gasteiger partial charge in [0.2, 0.25) is 0 Å². The summed E-state index contributed by atoms with van der Waals surface area (Å²) in [5.74, 6) is 0. The monoisotopic (exact) mass is 228 g/mol. The van der Waals surface area contributed by atoms with E-state index >= 15 is 0 Å². The molecule has 5 nitrogen and oxygen atoms in total. The molecule has 0 N–H and O–H groups in total. The molecule has 1 heterocycles. The van der Waals surface area contributed by atoms with Gasteiger partial charge in [0.1, 0.15) is 6.10 Å². The summed E-state index contributed by atoms with van der Waals surface area (Å²) < 4.78 is 11.1. The van der Waals surface area contributed by atoms with E-state index < -0.39 is 0 Å². The summed E-state index contributed by atoms with van der Waals surface area (Å²) in [6.07, 6.45) is 2.15. The topological polar surface area (TPSA) is 42.0 Å². The molecule has 0 radical (unpaired) electrons. The minimum Gasteiger partial charge on any atom is -0.379 e. The molecule has 0 bridgehead atoms. The molecule has 0 spiro atoms. The first kappa shape index (κ1) is 11.7. The molecule has 16 heavy (non-hydrogen) atoms. The highest BCUT2D eigenvalue weighted by Gasteiger charge is 2.44. The number of fused-ring (bicyclic) bond motifs is 1. The van der Waals surface area contributed by atoms with Crippen molar-refractivity contribution in [3.63, 3.8) is 0 Å². The molecule has 0 aromatic carbocycles. The molecular weight excluding hydrogens is 208 g/mol. The standard InChI is InChI=1S/C11H20N2O3/c1-12(2)11(14)13-6-7-16-10-8(13)4-5-9(10)15-3/h8-10H,4-7H2,1-3H3/t8-,9-,10+/m0/s1. The normalized spacial score (nSPS) is 33.7. The van der Waals surface area contributed by atoms with Crippen LogP contribution in [-0.4, -0.2) is 68.4 Å². The molecular formula is C11H20N2O3. The average molecular weight is 228 g/mol. The molecule has 1 saturated heterocycles. The Labute approximate surface area is 96.3 Å². The van der Waals surface area contributed by atoms with Gasteiger partial charge >= 0.3 is 6.03 Å². The number of hydrogen-bond donors (Lipinski definition) is 0. The van der Waals surface area contributed by atoms with E-state index in [2.05, 4.69) is 0 Å². The fourth-order valence-electron chi connectivity index (χ4n) is 2.66. The maximum atomic E-state index is 12.0. The SMILES string of the molecule is CO[C@H]1CC[C@H]2[C@H]1OCCN2C(=O)N(C)C. The van der Waals surface area contributed by atoms with Gasteiger partial charge in [-0.3, -0.25) is 0 Å². The average Bonchev–Trinajstić information content (AvgIpc) is 2.70. The van der Waals surface area contributed by atoms with E-state index in [4.69, 9.17) is 9.47 Å². The molecule has 1 saturated carbocycles. The fourth-order valence-corrected chi connectivity index (χ4v) is 2.66. The molecule has 0 aromatic rings. The number of carbonyl (C=O) groups excluding carboxylic acids is 1. The Morgan fingerprint density at radius 2 is 2.19 bits per heavy atom. The van der Waals surface area contributed by atoms with Gasteiger partial charge in [0.25, 0.3) is 0 Å². The Hall–Kier alpha value is -0.810. The van der Waals surface area contributed by atoms with Crippen molar-refractivity contribution in [2.45, 2.75) is 31.1 Å². The van der Waals surface area contributed by atoms with Crippen LogP contribution in [0.5, 0.6) is 0 Å². The van der Waals surface area contributed by atoms with E-state index in [9.17, 15) is 4.79 Å². The zero-order chi connectivity index (χ0) is 11.7. The number of nitrogens with zero attached hydrogens (tertiary/aromatic N) is 2. The van der Waals surface area contributed by atoms with Crippen LogP contribution in [0.4, 0.5) is 4.79 Å². The van der Waals surface area contributed by atoms with Gasteiger partial charge in [0.15, 0.2) is 0 Å². The zero-order valence-electron chi connectivity index (χ0n) is 10.2. The van der Waals surface area contributed by atoms with Gasteiger partial charge < -0.3 is 19.3 Å². The second-order valence-electron chi connectivity index (χ2n) is 4.62. The van der Waals surface area contributed by atoms with E-state index in [1.807, 2.05) is 4.90 Å². The van der Waals surface area contributed by atoms with Crippen LogP contribution in [0.3, 0.4) is 0 Å². The third kappa shape index (κ3) is 1.89. The molecule has 2 fully saturated rings. The molecule has 5 heteroatoms. The van der Waals surface area contributed by atoms with Crippen LogP contribution in [0.15, 0.2) is 0 Å². The Balaban J connectivity index is 2.08. The summed E-state index contributed by atoms with van der Waals surface area (Å²) in [6, 6.07) is 0.267. The zero-order valence-corrected chi connectivity index (χ0v) is 10.2. The predicted molar refractivity (Wildman–Crippen MR) is 59.3 cm³/mol. The van der Waals surface area contributed by atoms with Crippen molar-refractivity contribution in [3.05, 3.63) is 0 Å². The van der Waals surface area contributed by atoms with Gasteiger partial charge in [-0.1, -0.05) is 0 Å². The first-order valence-electron chi connectivity index (χ1n) is 5.77. The van der Waals surface area contributed by atoms with Gasteiger partial charge in [-0.25, -0.2) is 4.79 Å². The van der Waals surface area contributed by atoms with Gasteiger partial charge in [0, 0.05) is 27.7 Å². The second-order valence-corrected chi connectivity index (χ2v) is 4.62. The molecule has 1 aliphatic heterocycles. The minimum atomic E-state index is 0.0580. The fraction of sp³-hybridized carbons (Fsp3) is 0.909. The highest BCUT2D eigenvalue weighted by Crippen LogP contribution is 2.32. The number of amides is 2. The summed E-state index contributed by atoms with van der Waals surface area (Å²) in [4.78, 5) is 15.5. The van der Waals surface area contributed by atoms with Gasteiger partial charge in [-0.05, 0) is 12.8 Å². The lowest BCUT2D eigenvalue weighted by Crippen LogP contribution is -2.56. The molecule has 0 aromatic heterocycles. The third-order valence-corrected chi connectivity index (χ3v) is 3.47. The molecule has 2 rings (SSSR count). The van der Waals surface area contributed by atoms with Crippen molar-refractivity contribution < 1.29 is 14.3 Å². The molecule has 1 aliphatic carbocycles. The van der Waals surface area contributed by atoms with Crippen LogP contribution in [-0.2, 0) is 9.47 Å². The first-order chi connectivity index (χ1) is 7.65. The number of morpholine rings is 1. The lowest BCUT2D eigenvalue weighted by Gasteiger charge is -2.39. The number of rotatable bonds is 1. The number of urea groups is 1. The maximum Gasteiger partial charge on any atom is 0.319 e. The quantitative estimate of drug-likeness (QED) is 0.658. The van der Waals surface area contributed by atoms with E-state index in [1.54, 1.807) is 26.1 Å². The highest BCUT2D eigenvalue weighted by atomic mass is 16.5. The minimum absolute atomic E-state index is 0.0580. The molecule has 92 valence electrons. The number of methoxy groups -OCH3 is 1. The Bertz CT molecular complexity index is 270. The van der Waals surface area contributed by atoms with Crippen LogP contribution >= 0.6 is 0 Å². The van der Waals surface area contributed by atoms with Crippen LogP contribution in [0.25, 0.3) is 0 Å². The van der Waals surface area contributed by atoms with Gasteiger partial charge in [0.05, 0.1) is 18.8 Å². The molecule has 2 aliphatic rings. The number of hydrogen-bond acceptors (Lipinski definition) is 3. The van der Waals surface area contributed by atoms with E-state index in [0.29, 0.717) is 13.2 Å². The van der Waals surface area contributed by atoms with Crippen molar-refractivity contribution in [2.24, 2.45) is 0 Å². The van der Waals surface area contributed by atoms with E-state index in [0.717, 1.165) is 12.8 Å². The first-order valence-corrected chi connectivity index (χ1v) is 5.77. The summed E-state index contributed by atoms with van der Waals surface area (Å²) in [5.41, 5.74) is 0. The van der Waals surface area contributed by atoms with Crippen molar-refractivity contribution >= 4 is 6.03 Å². The summed E-state index contributed by atoms with van der Waals surface area (Å²) in [7, 11) is 5.29. The molecule has 2 amide bonds. The van der Waals surface area contributed by atoms with E-state index in [1.165, 1.54) is 0 Å². The Morgan fingerprint density at radius 1 is 1.44 bits per heavy atom. The second kappa shape index (κ2) is 4.59. The summed E-state index contributed by atoms with van der Waals surface area (Å²) >= 11 is 0. The van der Waals surface area contributed by atoms with Crippen molar-refractivity contribution in [2.75, 3.05) is 34.4 Å². The largest absolute Gasteiger partial charge is 0.379 e. The summed E-state index contributed by atoms with van der Waals surface area (Å²) in [5, 5.41) is 0. The maximum absolute atomic E-state index is 12.0. The lowest BCUT2D eigenvalue weighted by atomic mass is 10.1. The lowest BCUT2D eigenvalue weighted by molar-refractivity contribution is -0.0943. The number of carbonyl (C=O) groups is 1. The molecule has 0 unspecified atom stereocenters. The smallest absolute Gasteiger partial charge is 0.319 e. The summed E-state index contributed by atoms with van der Waals surface area (Å²) in [6.45, 7) is 1.30.